The Labute approximate surface area is 170 Å². The van der Waals surface area contributed by atoms with Gasteiger partial charge in [-0.15, -0.1) is 0 Å². The van der Waals surface area contributed by atoms with E-state index in [0.717, 1.165) is 12.4 Å². The second-order valence-electron chi connectivity index (χ2n) is 7.02. The summed E-state index contributed by atoms with van der Waals surface area (Å²) in [6, 6.07) is 3.76. The Kier molecular flexibility index (Phi) is 6.11. The monoisotopic (exact) mass is 427 g/mol. The SMILES string of the molecule is CC(C)Oc1cc(C(=N)c2cc(N3CCOC(C(F)(F)F)C3)ncn2)c(N)cc1F. The van der Waals surface area contributed by atoms with Crippen LogP contribution in [0.25, 0.3) is 0 Å². The predicted molar refractivity (Wildman–Crippen MR) is 103 cm³/mol. The van der Waals surface area contributed by atoms with Crippen LogP contribution in [0, 0.1) is 11.2 Å². The Morgan fingerprint density at radius 1 is 1.30 bits per heavy atom. The van der Waals surface area contributed by atoms with Gasteiger partial charge >= 0.3 is 6.18 Å². The first-order chi connectivity index (χ1) is 14.1. The van der Waals surface area contributed by atoms with Crippen molar-refractivity contribution in [3.8, 4) is 5.75 Å². The molecule has 0 radical (unpaired) electrons. The van der Waals surface area contributed by atoms with Gasteiger partial charge < -0.3 is 20.1 Å². The third-order valence-corrected chi connectivity index (χ3v) is 4.40. The first-order valence-corrected chi connectivity index (χ1v) is 9.16. The number of nitrogens with zero attached hydrogens (tertiary/aromatic N) is 3. The van der Waals surface area contributed by atoms with Gasteiger partial charge in [0.15, 0.2) is 17.7 Å². The third-order valence-electron chi connectivity index (χ3n) is 4.40. The van der Waals surface area contributed by atoms with Crippen LogP contribution >= 0.6 is 0 Å². The van der Waals surface area contributed by atoms with Crippen molar-refractivity contribution in [2.45, 2.75) is 32.2 Å². The number of anilines is 2. The van der Waals surface area contributed by atoms with Gasteiger partial charge in [0.05, 0.1) is 30.7 Å². The van der Waals surface area contributed by atoms with E-state index in [1.165, 1.54) is 17.0 Å². The summed E-state index contributed by atoms with van der Waals surface area (Å²) in [6.07, 6.45) is -5.55. The first kappa shape index (κ1) is 21.8. The fraction of sp³-hybridized carbons (Fsp3) is 0.421. The van der Waals surface area contributed by atoms with E-state index in [2.05, 4.69) is 9.97 Å². The number of alkyl halides is 3. The van der Waals surface area contributed by atoms with Gasteiger partial charge in [-0.05, 0) is 19.9 Å². The molecule has 1 aromatic carbocycles. The van der Waals surface area contributed by atoms with Crippen LogP contribution in [0.1, 0.15) is 25.1 Å². The molecule has 162 valence electrons. The minimum absolute atomic E-state index is 0.0114. The third kappa shape index (κ3) is 4.78. The number of nitrogen functional groups attached to an aromatic ring is 1. The molecular formula is C19H21F4N5O2. The number of ether oxygens (including phenoxy) is 2. The van der Waals surface area contributed by atoms with Crippen molar-refractivity contribution in [3.63, 3.8) is 0 Å². The molecule has 0 bridgehead atoms. The lowest BCUT2D eigenvalue weighted by Crippen LogP contribution is -2.49. The van der Waals surface area contributed by atoms with E-state index in [1.54, 1.807) is 13.8 Å². The standard InChI is InChI=1S/C19H21F4N5O2/c1-10(2)30-15-5-11(13(24)6-12(15)20)18(25)14-7-17(27-9-26-14)28-3-4-29-16(8-28)19(21,22)23/h5-7,9-10,16,25H,3-4,8,24H2,1-2H3. The van der Waals surface area contributed by atoms with E-state index >= 15 is 0 Å². The van der Waals surface area contributed by atoms with Crippen LogP contribution in [0.15, 0.2) is 24.5 Å². The molecule has 1 fully saturated rings. The Morgan fingerprint density at radius 3 is 2.70 bits per heavy atom. The summed E-state index contributed by atoms with van der Waals surface area (Å²) in [6.45, 7) is 3.14. The number of hydrogen-bond acceptors (Lipinski definition) is 7. The van der Waals surface area contributed by atoms with Crippen LogP contribution in [-0.4, -0.2) is 53.8 Å². The molecule has 7 nitrogen and oxygen atoms in total. The van der Waals surface area contributed by atoms with E-state index in [-0.39, 0.29) is 53.5 Å². The zero-order chi connectivity index (χ0) is 22.1. The Balaban J connectivity index is 1.88. The van der Waals surface area contributed by atoms with E-state index < -0.39 is 24.6 Å². The van der Waals surface area contributed by atoms with Gasteiger partial charge in [0.25, 0.3) is 0 Å². The maximum atomic E-state index is 14.1. The quantitative estimate of drug-likeness (QED) is 0.432. The number of rotatable bonds is 5. The highest BCUT2D eigenvalue weighted by Gasteiger charge is 2.43. The number of nitrogens with one attached hydrogen (secondary N) is 1. The van der Waals surface area contributed by atoms with Gasteiger partial charge in [0.2, 0.25) is 0 Å². The van der Waals surface area contributed by atoms with Crippen molar-refractivity contribution in [2.24, 2.45) is 0 Å². The summed E-state index contributed by atoms with van der Waals surface area (Å²) >= 11 is 0. The Hall–Kier alpha value is -2.95. The van der Waals surface area contributed by atoms with Crippen LogP contribution in [0.4, 0.5) is 29.1 Å². The maximum absolute atomic E-state index is 14.1. The molecule has 1 aliphatic heterocycles. The molecule has 11 heteroatoms. The fourth-order valence-corrected chi connectivity index (χ4v) is 2.98. The average molecular weight is 427 g/mol. The van der Waals surface area contributed by atoms with E-state index in [4.69, 9.17) is 20.6 Å². The van der Waals surface area contributed by atoms with Crippen molar-refractivity contribution >= 4 is 17.2 Å². The van der Waals surface area contributed by atoms with Crippen molar-refractivity contribution in [2.75, 3.05) is 30.3 Å². The minimum Gasteiger partial charge on any atom is -0.488 e. The largest absolute Gasteiger partial charge is 0.488 e. The van der Waals surface area contributed by atoms with Crippen LogP contribution in [-0.2, 0) is 4.74 Å². The molecule has 1 unspecified atom stereocenters. The lowest BCUT2D eigenvalue weighted by atomic mass is 10.0. The maximum Gasteiger partial charge on any atom is 0.416 e. The summed E-state index contributed by atoms with van der Waals surface area (Å²) in [5, 5.41) is 8.44. The highest BCUT2D eigenvalue weighted by Crippen LogP contribution is 2.29. The Morgan fingerprint density at radius 2 is 2.03 bits per heavy atom. The minimum atomic E-state index is -4.49. The van der Waals surface area contributed by atoms with Crippen molar-refractivity contribution in [1.29, 1.82) is 5.41 Å². The molecule has 3 rings (SSSR count). The number of hydrogen-bond donors (Lipinski definition) is 2. The highest BCUT2D eigenvalue weighted by molar-refractivity contribution is 6.13. The van der Waals surface area contributed by atoms with Gasteiger partial charge in [0, 0.05) is 29.9 Å². The van der Waals surface area contributed by atoms with Crippen molar-refractivity contribution in [3.05, 3.63) is 41.6 Å². The number of aromatic nitrogens is 2. The molecule has 1 saturated heterocycles. The molecule has 2 heterocycles. The van der Waals surface area contributed by atoms with Crippen molar-refractivity contribution in [1.82, 2.24) is 9.97 Å². The summed E-state index contributed by atoms with van der Waals surface area (Å²) in [7, 11) is 0. The number of benzene rings is 1. The Bertz CT molecular complexity index is 936. The lowest BCUT2D eigenvalue weighted by Gasteiger charge is -2.34. The van der Waals surface area contributed by atoms with Crippen LogP contribution < -0.4 is 15.4 Å². The summed E-state index contributed by atoms with van der Waals surface area (Å²) < 4.78 is 63.2. The van der Waals surface area contributed by atoms with Gasteiger partial charge in [-0.2, -0.15) is 13.2 Å². The number of halogens is 4. The number of nitrogens with two attached hydrogens (primary N) is 1. The predicted octanol–water partition coefficient (Wildman–Crippen LogP) is 3.17. The van der Waals surface area contributed by atoms with Crippen molar-refractivity contribution < 1.29 is 27.0 Å². The van der Waals surface area contributed by atoms with Crippen LogP contribution in [0.5, 0.6) is 5.75 Å². The van der Waals surface area contributed by atoms with E-state index in [1.807, 2.05) is 0 Å². The summed E-state index contributed by atoms with van der Waals surface area (Å²) in [5.74, 6) is -0.497. The topological polar surface area (TPSA) is 97.3 Å². The molecule has 2 aromatic rings. The zero-order valence-electron chi connectivity index (χ0n) is 16.3. The van der Waals surface area contributed by atoms with Crippen LogP contribution in [0.3, 0.4) is 0 Å². The molecule has 0 spiro atoms. The van der Waals surface area contributed by atoms with Gasteiger partial charge in [-0.1, -0.05) is 0 Å². The van der Waals surface area contributed by atoms with E-state index in [9.17, 15) is 17.6 Å². The fourth-order valence-electron chi connectivity index (χ4n) is 2.98. The number of morpholine rings is 1. The van der Waals surface area contributed by atoms with Gasteiger partial charge in [0.1, 0.15) is 12.1 Å². The average Bonchev–Trinajstić information content (AvgIpc) is 2.69. The molecule has 1 aromatic heterocycles. The molecule has 0 saturated carbocycles. The molecule has 30 heavy (non-hydrogen) atoms. The first-order valence-electron chi connectivity index (χ1n) is 9.16. The molecule has 0 aliphatic carbocycles. The second-order valence-corrected chi connectivity index (χ2v) is 7.02. The second kappa shape index (κ2) is 8.42. The zero-order valence-corrected chi connectivity index (χ0v) is 16.3. The highest BCUT2D eigenvalue weighted by atomic mass is 19.4. The van der Waals surface area contributed by atoms with Gasteiger partial charge in [-0.3, -0.25) is 5.41 Å². The van der Waals surface area contributed by atoms with E-state index in [0.29, 0.717) is 0 Å². The molecular weight excluding hydrogens is 406 g/mol. The molecule has 1 atom stereocenters. The summed E-state index contributed by atoms with van der Waals surface area (Å²) in [4.78, 5) is 9.47. The smallest absolute Gasteiger partial charge is 0.416 e. The van der Waals surface area contributed by atoms with Gasteiger partial charge in [-0.25, -0.2) is 14.4 Å². The molecule has 1 aliphatic rings. The van der Waals surface area contributed by atoms with Crippen LogP contribution in [0.2, 0.25) is 0 Å². The lowest BCUT2D eigenvalue weighted by molar-refractivity contribution is -0.221. The molecule has 3 N–H and O–H groups in total. The molecule has 0 amide bonds. The summed E-state index contributed by atoms with van der Waals surface area (Å²) in [5.41, 5.74) is 6.07. The normalized spacial score (nSPS) is 17.3.